The van der Waals surface area contributed by atoms with E-state index in [1.165, 1.54) is 11.1 Å². The molecule has 5 rings (SSSR count). The number of aromatic amines is 1. The third-order valence-corrected chi connectivity index (χ3v) is 6.89. The van der Waals surface area contributed by atoms with Gasteiger partial charge in [-0.3, -0.25) is 4.18 Å². The van der Waals surface area contributed by atoms with Crippen LogP contribution in [-0.4, -0.2) is 52.2 Å². The van der Waals surface area contributed by atoms with Gasteiger partial charge < -0.3 is 15.4 Å². The Hall–Kier alpha value is -2.60. The predicted octanol–water partition coefficient (Wildman–Crippen LogP) is 1.59. The largest absolute Gasteiger partial charge is 0.393 e. The number of aromatic nitrogens is 4. The summed E-state index contributed by atoms with van der Waals surface area (Å²) < 4.78 is 26.9. The van der Waals surface area contributed by atoms with Crippen LogP contribution in [-0.2, 0) is 20.9 Å². The lowest BCUT2D eigenvalue weighted by Gasteiger charge is -2.25. The van der Waals surface area contributed by atoms with E-state index in [9.17, 15) is 13.5 Å². The molecule has 2 aromatic heterocycles. The molecule has 1 aromatic carbocycles. The number of anilines is 1. The van der Waals surface area contributed by atoms with Gasteiger partial charge in [0.05, 0.1) is 19.0 Å². The number of aryl methyl sites for hydroxylation is 1. The van der Waals surface area contributed by atoms with Gasteiger partial charge in [0.2, 0.25) is 0 Å². The summed E-state index contributed by atoms with van der Waals surface area (Å²) in [7, 11) is -4.04. The molecular formula is C21H26N6O4S. The van der Waals surface area contributed by atoms with Crippen molar-refractivity contribution in [2.75, 3.05) is 11.9 Å². The summed E-state index contributed by atoms with van der Waals surface area (Å²) in [5, 5.41) is 18.7. The quantitative estimate of drug-likeness (QED) is 0.434. The average Bonchev–Trinajstić information content (AvgIpc) is 3.37. The maximum atomic E-state index is 11.1. The zero-order valence-electron chi connectivity index (χ0n) is 17.4. The van der Waals surface area contributed by atoms with Crippen LogP contribution in [0.2, 0.25) is 0 Å². The smallest absolute Gasteiger partial charge is 0.333 e. The summed E-state index contributed by atoms with van der Waals surface area (Å²) in [6, 6.07) is 8.32. The molecule has 11 heteroatoms. The van der Waals surface area contributed by atoms with Crippen LogP contribution in [0.15, 0.2) is 30.6 Å². The van der Waals surface area contributed by atoms with Gasteiger partial charge in [-0.2, -0.15) is 8.42 Å². The maximum absolute atomic E-state index is 11.1. The van der Waals surface area contributed by atoms with Crippen LogP contribution in [0.5, 0.6) is 0 Å². The Morgan fingerprint density at radius 1 is 1.25 bits per heavy atom. The number of aliphatic hydroxyl groups excluding tert-OH is 1. The van der Waals surface area contributed by atoms with E-state index in [4.69, 9.17) is 19.3 Å². The normalized spacial score (nSPS) is 25.7. The van der Waals surface area contributed by atoms with Crippen LogP contribution in [0.4, 0.5) is 5.82 Å². The van der Waals surface area contributed by atoms with Crippen molar-refractivity contribution in [3.8, 4) is 0 Å². The van der Waals surface area contributed by atoms with Crippen LogP contribution in [0, 0.1) is 5.92 Å². The van der Waals surface area contributed by atoms with E-state index >= 15 is 0 Å². The van der Waals surface area contributed by atoms with E-state index in [1.54, 1.807) is 6.33 Å². The molecule has 2 heterocycles. The number of imidazole rings is 1. The molecule has 1 saturated carbocycles. The number of benzene rings is 1. The lowest BCUT2D eigenvalue weighted by atomic mass is 9.82. The van der Waals surface area contributed by atoms with Crippen LogP contribution in [0.3, 0.4) is 0 Å². The molecule has 0 bridgehead atoms. The highest BCUT2D eigenvalue weighted by Gasteiger charge is 2.35. The van der Waals surface area contributed by atoms with Crippen molar-refractivity contribution in [3.05, 3.63) is 47.5 Å². The molecule has 0 saturated heterocycles. The molecule has 2 aliphatic carbocycles. The van der Waals surface area contributed by atoms with E-state index < -0.39 is 16.4 Å². The summed E-state index contributed by atoms with van der Waals surface area (Å²) >= 11 is 0. The first-order valence-corrected chi connectivity index (χ1v) is 12.2. The first-order chi connectivity index (χ1) is 15.4. The highest BCUT2D eigenvalue weighted by molar-refractivity contribution is 7.84. The molecule has 2 aliphatic rings. The van der Waals surface area contributed by atoms with Crippen molar-refractivity contribution >= 4 is 27.3 Å². The molecule has 0 amide bonds. The number of hydrogen-bond acceptors (Lipinski definition) is 8. The molecule has 1 unspecified atom stereocenters. The van der Waals surface area contributed by atoms with Gasteiger partial charge in [-0.15, -0.1) is 0 Å². The summed E-state index contributed by atoms with van der Waals surface area (Å²) in [5.41, 5.74) is 3.89. The summed E-state index contributed by atoms with van der Waals surface area (Å²) in [4.78, 5) is 17.1. The van der Waals surface area contributed by atoms with Gasteiger partial charge in [-0.1, -0.05) is 24.3 Å². The van der Waals surface area contributed by atoms with Gasteiger partial charge in [0.15, 0.2) is 11.5 Å². The standard InChI is InChI=1S/C21H26N6O4S/c22-32(29,30)31-10-13-8-14(9-17(13)28)25-21-18-20(24-11-23-18)26-19(27-21)16-7-3-5-12-4-1-2-6-15(12)16/h1-2,4,6,11,13-14,16-17,28H,3,5,7-10H2,(H2,22,29,30)(H2,23,24,25,26,27)/t13-,14+,16?,17-/m0/s1. The van der Waals surface area contributed by atoms with E-state index in [0.29, 0.717) is 29.8 Å². The first-order valence-electron chi connectivity index (χ1n) is 10.8. The highest BCUT2D eigenvalue weighted by atomic mass is 32.2. The van der Waals surface area contributed by atoms with E-state index in [2.05, 4.69) is 33.5 Å². The summed E-state index contributed by atoms with van der Waals surface area (Å²) in [5.74, 6) is 1.13. The topological polar surface area (TPSA) is 156 Å². The Labute approximate surface area is 185 Å². The molecule has 0 spiro atoms. The Morgan fingerprint density at radius 2 is 2.09 bits per heavy atom. The Bertz CT molecular complexity index is 1230. The van der Waals surface area contributed by atoms with Gasteiger partial charge in [0.1, 0.15) is 11.3 Å². The van der Waals surface area contributed by atoms with E-state index in [0.717, 1.165) is 25.1 Å². The lowest BCUT2D eigenvalue weighted by Crippen LogP contribution is -2.24. The zero-order chi connectivity index (χ0) is 22.3. The summed E-state index contributed by atoms with van der Waals surface area (Å²) in [6.45, 7) is -0.147. The number of aliphatic hydroxyl groups is 1. The average molecular weight is 459 g/mol. The predicted molar refractivity (Wildman–Crippen MR) is 118 cm³/mol. The molecule has 0 aliphatic heterocycles. The van der Waals surface area contributed by atoms with E-state index in [-0.39, 0.29) is 24.5 Å². The Balaban J connectivity index is 1.40. The molecule has 4 atom stereocenters. The second kappa shape index (κ2) is 8.39. The van der Waals surface area contributed by atoms with Crippen LogP contribution < -0.4 is 10.5 Å². The molecule has 32 heavy (non-hydrogen) atoms. The Morgan fingerprint density at radius 3 is 2.94 bits per heavy atom. The van der Waals surface area contributed by atoms with Gasteiger partial charge >= 0.3 is 10.3 Å². The van der Waals surface area contributed by atoms with Crippen molar-refractivity contribution in [1.82, 2.24) is 19.9 Å². The molecule has 0 radical (unpaired) electrons. The third kappa shape index (κ3) is 4.33. The maximum Gasteiger partial charge on any atom is 0.333 e. The van der Waals surface area contributed by atoms with Crippen molar-refractivity contribution in [2.45, 2.75) is 50.2 Å². The van der Waals surface area contributed by atoms with Crippen LogP contribution in [0.1, 0.15) is 48.6 Å². The Kier molecular flexibility index (Phi) is 5.58. The molecule has 170 valence electrons. The van der Waals surface area contributed by atoms with Gasteiger partial charge in [0, 0.05) is 17.9 Å². The molecular weight excluding hydrogens is 432 g/mol. The second-order valence-corrected chi connectivity index (χ2v) is 9.81. The minimum Gasteiger partial charge on any atom is -0.393 e. The van der Waals surface area contributed by atoms with Gasteiger partial charge in [-0.25, -0.2) is 20.1 Å². The number of fused-ring (bicyclic) bond motifs is 2. The third-order valence-electron chi connectivity index (χ3n) is 6.43. The second-order valence-electron chi connectivity index (χ2n) is 8.59. The number of rotatable bonds is 6. The SMILES string of the molecule is NS(=O)(=O)OC[C@@H]1C[C@@H](Nc2nc(C3CCCc4ccccc43)nc3nc[nH]c23)C[C@@H]1O. The van der Waals surface area contributed by atoms with Crippen molar-refractivity contribution < 1.29 is 17.7 Å². The molecule has 10 nitrogen and oxygen atoms in total. The monoisotopic (exact) mass is 458 g/mol. The van der Waals surface area contributed by atoms with Gasteiger partial charge in [-0.05, 0) is 43.2 Å². The number of nitrogens with zero attached hydrogens (tertiary/aromatic N) is 3. The zero-order valence-corrected chi connectivity index (χ0v) is 18.3. The number of hydrogen-bond donors (Lipinski definition) is 4. The molecule has 3 aromatic rings. The highest BCUT2D eigenvalue weighted by Crippen LogP contribution is 2.37. The number of nitrogens with one attached hydrogen (secondary N) is 2. The van der Waals surface area contributed by atoms with Crippen molar-refractivity contribution in [3.63, 3.8) is 0 Å². The fourth-order valence-corrected chi connectivity index (χ4v) is 5.27. The van der Waals surface area contributed by atoms with Crippen LogP contribution >= 0.6 is 0 Å². The fraction of sp³-hybridized carbons (Fsp3) is 0.476. The van der Waals surface area contributed by atoms with Crippen LogP contribution in [0.25, 0.3) is 11.2 Å². The minimum atomic E-state index is -4.04. The van der Waals surface area contributed by atoms with Gasteiger partial charge in [0.25, 0.3) is 0 Å². The lowest BCUT2D eigenvalue weighted by molar-refractivity contribution is 0.101. The first kappa shape index (κ1) is 21.3. The number of nitrogens with two attached hydrogens (primary N) is 1. The minimum absolute atomic E-state index is 0.103. The fourth-order valence-electron chi connectivity index (χ4n) is 4.91. The summed E-state index contributed by atoms with van der Waals surface area (Å²) in [6.07, 6.45) is 4.98. The number of H-pyrrole nitrogens is 1. The van der Waals surface area contributed by atoms with Crippen molar-refractivity contribution in [2.24, 2.45) is 11.1 Å². The van der Waals surface area contributed by atoms with Crippen molar-refractivity contribution in [1.29, 1.82) is 0 Å². The van der Waals surface area contributed by atoms with E-state index in [1.807, 2.05) is 6.07 Å². The molecule has 5 N–H and O–H groups in total. The molecule has 1 fully saturated rings.